The second kappa shape index (κ2) is 6.62. The van der Waals surface area contributed by atoms with Gasteiger partial charge in [0.05, 0.1) is 0 Å². The van der Waals surface area contributed by atoms with Crippen molar-refractivity contribution in [3.8, 4) is 0 Å². The van der Waals surface area contributed by atoms with Crippen LogP contribution >= 0.6 is 0 Å². The predicted octanol–water partition coefficient (Wildman–Crippen LogP) is -6.31. The molecule has 36 valence electrons. The van der Waals surface area contributed by atoms with Gasteiger partial charge in [0.25, 0.3) is 0 Å². The Hall–Kier alpha value is 2.51. The quantitative estimate of drug-likeness (QED) is 0.275. The van der Waals surface area contributed by atoms with Gasteiger partial charge in [-0.2, -0.15) is 8.42 Å². The maximum atomic E-state index is 8.74. The van der Waals surface area contributed by atoms with Gasteiger partial charge in [-0.25, -0.2) is 0 Å². The van der Waals surface area contributed by atoms with Crippen LogP contribution in [0.4, 0.5) is 0 Å². The van der Waals surface area contributed by atoms with Gasteiger partial charge in [-0.05, 0) is 0 Å². The van der Waals surface area contributed by atoms with Crippen molar-refractivity contribution in [2.24, 2.45) is 0 Å². The first-order valence-electron chi connectivity index (χ1n) is 0.698. The molecular weight excluding hydrogens is 158 g/mol. The van der Waals surface area contributed by atoms with Crippen LogP contribution in [0, 0.1) is 0 Å². The first kappa shape index (κ1) is 16.2. The van der Waals surface area contributed by atoms with E-state index in [9.17, 15) is 0 Å². The zero-order valence-corrected chi connectivity index (χ0v) is 10.1. The fourth-order valence-corrected chi connectivity index (χ4v) is 0. The largest absolute Gasteiger partial charge is 1.00 e. The third kappa shape index (κ3) is 57.3. The van der Waals surface area contributed by atoms with Crippen LogP contribution in [0.3, 0.4) is 0 Å². The maximum absolute atomic E-state index is 8.74. The molecule has 0 rings (SSSR count). The van der Waals surface area contributed by atoms with E-state index in [1.54, 1.807) is 0 Å². The standard InChI is InChI=1S/K.Na.H2O4S.2H/c;;1-5(2,3)4;;/h;;(H2,1,2,3,4);;/q2*+1;;2*-1/p+1. The van der Waals surface area contributed by atoms with Crippen LogP contribution in [0.2, 0.25) is 0 Å². The summed E-state index contributed by atoms with van der Waals surface area (Å²) >= 11 is 0. The molecule has 4 nitrogen and oxygen atoms in total. The first-order valence-corrected chi connectivity index (χ1v) is 2.10. The Morgan fingerprint density at radius 1 is 1.43 bits per heavy atom. The van der Waals surface area contributed by atoms with Crippen LogP contribution in [0.5, 0.6) is 0 Å². The molecule has 0 heterocycles. The Bertz CT molecular complexity index is 104. The van der Waals surface area contributed by atoms with Gasteiger partial charge in [0, 0.05) is 0 Å². The van der Waals surface area contributed by atoms with E-state index in [0.717, 1.165) is 0 Å². The molecule has 0 radical (unpaired) electrons. The van der Waals surface area contributed by atoms with Crippen LogP contribution in [0.15, 0.2) is 0 Å². The third-order valence-corrected chi connectivity index (χ3v) is 0. The molecule has 0 aromatic heterocycles. The van der Waals surface area contributed by atoms with Crippen molar-refractivity contribution in [3.63, 3.8) is 0 Å². The minimum atomic E-state index is -4.67. The monoisotopic (exact) mass is 163 g/mol. The molecule has 0 saturated heterocycles. The maximum Gasteiger partial charge on any atom is 1.00 e. The Morgan fingerprint density at radius 2 is 1.43 bits per heavy atom. The molecule has 0 fully saturated rings. The molecule has 0 aromatic carbocycles. The molecule has 0 spiro atoms. The summed E-state index contributed by atoms with van der Waals surface area (Å²) < 4.78 is 31.6. The van der Waals surface area contributed by atoms with E-state index in [-0.39, 0.29) is 85.2 Å². The molecule has 0 aliphatic heterocycles. The summed E-state index contributed by atoms with van der Waals surface area (Å²) in [6.45, 7) is 0. The van der Waals surface area contributed by atoms with Crippen molar-refractivity contribution in [1.29, 1.82) is 0 Å². The van der Waals surface area contributed by atoms with Crippen molar-refractivity contribution in [2.75, 3.05) is 0 Å². The van der Waals surface area contributed by atoms with E-state index >= 15 is 0 Å². The van der Waals surface area contributed by atoms with Gasteiger partial charge in [0.2, 0.25) is 0 Å². The van der Waals surface area contributed by atoms with E-state index in [4.69, 9.17) is 17.5 Å². The molecule has 0 aliphatic rings. The van der Waals surface area contributed by atoms with Crippen LogP contribution in [-0.4, -0.2) is 17.5 Å². The Kier molecular flexibility index (Phi) is 15.4. The van der Waals surface area contributed by atoms with Crippen LogP contribution in [0.25, 0.3) is 0 Å². The summed E-state index contributed by atoms with van der Waals surface area (Å²) in [7, 11) is -4.67. The first-order chi connectivity index (χ1) is 2.00. The zero-order chi connectivity index (χ0) is 4.50. The summed E-state index contributed by atoms with van der Waals surface area (Å²) in [4.78, 5) is 0. The zero-order valence-electron chi connectivity index (χ0n) is 7.12. The van der Waals surface area contributed by atoms with Crippen molar-refractivity contribution in [2.45, 2.75) is 0 Å². The van der Waals surface area contributed by atoms with E-state index in [1.165, 1.54) is 0 Å². The summed E-state index contributed by atoms with van der Waals surface area (Å²) in [6, 6.07) is 0. The topological polar surface area (TPSA) is 74.6 Å². The number of hydrogen-bond acceptors (Lipinski definition) is 2. The van der Waals surface area contributed by atoms with Crippen LogP contribution < -0.4 is 80.9 Å². The minimum absolute atomic E-state index is 0. The predicted molar refractivity (Wildman–Crippen MR) is 17.5 cm³/mol. The van der Waals surface area contributed by atoms with Crippen molar-refractivity contribution in [1.82, 2.24) is 0 Å². The van der Waals surface area contributed by atoms with Crippen LogP contribution in [-0.2, 0) is 10.4 Å². The van der Waals surface area contributed by atoms with Gasteiger partial charge in [-0.3, -0.25) is 9.11 Å². The van der Waals surface area contributed by atoms with E-state index < -0.39 is 10.4 Å². The van der Waals surface area contributed by atoms with Crippen molar-refractivity contribution in [3.05, 3.63) is 0 Å². The average molecular weight is 163 g/mol. The Balaban J connectivity index is -0.00000000800. The van der Waals surface area contributed by atoms with Gasteiger partial charge in [-0.15, -0.1) is 0 Å². The van der Waals surface area contributed by atoms with E-state index in [2.05, 4.69) is 0 Å². The molecule has 0 bridgehead atoms. The van der Waals surface area contributed by atoms with E-state index in [0.29, 0.717) is 0 Å². The summed E-state index contributed by atoms with van der Waals surface area (Å²) in [6.07, 6.45) is 0. The van der Waals surface area contributed by atoms with Crippen LogP contribution in [0.1, 0.15) is 4.28 Å². The van der Waals surface area contributed by atoms with Gasteiger partial charge in [0.1, 0.15) is 0 Å². The second-order valence-electron chi connectivity index (χ2n) is 0.448. The van der Waals surface area contributed by atoms with E-state index in [1.807, 2.05) is 0 Å². The molecule has 0 aliphatic carbocycles. The summed E-state index contributed by atoms with van der Waals surface area (Å²) in [5.74, 6) is 0. The molecule has 7 heavy (non-hydrogen) atoms. The minimum Gasteiger partial charge on any atom is -1.00 e. The third-order valence-electron chi connectivity index (χ3n) is 0. The smallest absolute Gasteiger partial charge is 1.00 e. The second-order valence-corrected chi connectivity index (χ2v) is 1.34. The summed E-state index contributed by atoms with van der Waals surface area (Å²) in [5.41, 5.74) is 0. The average Bonchev–Trinajstić information content (AvgIpc) is 0.722. The number of hydrogen-bond donors (Lipinski definition) is 2. The summed E-state index contributed by atoms with van der Waals surface area (Å²) in [5, 5.41) is 0. The fourth-order valence-electron chi connectivity index (χ4n) is 0. The molecule has 7 heteroatoms. The normalized spacial score (nSPS) is 8.29. The van der Waals surface area contributed by atoms with Gasteiger partial charge in [0.15, 0.2) is 0 Å². The van der Waals surface area contributed by atoms with Gasteiger partial charge >= 0.3 is 92.8 Å². The molecular formula is H5KNaO4S+. The van der Waals surface area contributed by atoms with Gasteiger partial charge < -0.3 is 2.85 Å². The number of rotatable bonds is 0. The molecule has 0 amide bonds. The van der Waals surface area contributed by atoms with Gasteiger partial charge in [-0.1, -0.05) is 0 Å². The van der Waals surface area contributed by atoms with Crippen molar-refractivity contribution >= 4 is 10.4 Å². The fraction of sp³-hybridized carbons (Fsp3) is 0. The molecule has 2 N–H and O–H groups in total. The van der Waals surface area contributed by atoms with Crippen molar-refractivity contribution < 1.29 is 103 Å². The Morgan fingerprint density at radius 3 is 1.43 bits per heavy atom. The molecule has 0 aromatic rings. The Labute approximate surface area is 111 Å². The SMILES string of the molecule is O=S(=O)(O)O.[H+].[H-].[H-].[K+].[Na+]. The molecule has 0 atom stereocenters. The molecule has 0 saturated carbocycles. The molecule has 0 unspecified atom stereocenters.